The first-order valence-corrected chi connectivity index (χ1v) is 4.10. The van der Waals surface area contributed by atoms with Crippen LogP contribution in [-0.2, 0) is 9.59 Å². The van der Waals surface area contributed by atoms with E-state index in [1.165, 1.54) is 26.4 Å². The van der Waals surface area contributed by atoms with Crippen LogP contribution < -0.4 is 14.2 Å². The van der Waals surface area contributed by atoms with E-state index in [0.29, 0.717) is 11.5 Å². The zero-order valence-corrected chi connectivity index (χ0v) is 8.35. The molecule has 0 radical (unpaired) electrons. The van der Waals surface area contributed by atoms with Crippen LogP contribution in [0.1, 0.15) is 0 Å². The van der Waals surface area contributed by atoms with Gasteiger partial charge in [0.2, 0.25) is 6.29 Å². The first kappa shape index (κ1) is 15.0. The molecule has 16 heavy (non-hydrogen) atoms. The summed E-state index contributed by atoms with van der Waals surface area (Å²) in [6.07, 6.45) is 0.0940. The maximum atomic E-state index is 10.7. The van der Waals surface area contributed by atoms with Crippen LogP contribution in [-0.4, -0.2) is 56.0 Å². The summed E-state index contributed by atoms with van der Waals surface area (Å²) in [4.78, 5) is 20.7. The van der Waals surface area contributed by atoms with Crippen LogP contribution in [0.15, 0.2) is 18.2 Å². The number of hydrogen-bond donors (Lipinski definition) is 0. The monoisotopic (exact) mass is 234 g/mol. The second kappa shape index (κ2) is 7.27. The fourth-order valence-electron chi connectivity index (χ4n) is 1.02. The van der Waals surface area contributed by atoms with E-state index < -0.39 is 5.97 Å². The van der Waals surface area contributed by atoms with Crippen molar-refractivity contribution in [2.45, 2.75) is 0 Å². The number of ether oxygens (including phenoxy) is 3. The van der Waals surface area contributed by atoms with Crippen molar-refractivity contribution in [2.24, 2.45) is 0 Å². The molecule has 0 amide bonds. The van der Waals surface area contributed by atoms with Gasteiger partial charge in [0, 0.05) is 6.07 Å². The molecule has 0 aliphatic heterocycles. The molecule has 0 aromatic heterocycles. The molecule has 0 N–H and O–H groups in total. The number of esters is 1. The molecular formula is C10H11NaO5. The maximum absolute atomic E-state index is 10.7. The van der Waals surface area contributed by atoms with E-state index in [1.807, 2.05) is 0 Å². The van der Waals surface area contributed by atoms with Crippen molar-refractivity contribution in [2.75, 3.05) is 14.2 Å². The molecule has 0 unspecified atom stereocenters. The van der Waals surface area contributed by atoms with Crippen molar-refractivity contribution in [3.8, 4) is 17.2 Å². The van der Waals surface area contributed by atoms with Crippen molar-refractivity contribution >= 4 is 41.8 Å². The molecule has 0 aliphatic rings. The minimum atomic E-state index is -0.956. The molecule has 0 heterocycles. The molecule has 0 saturated carbocycles. The van der Waals surface area contributed by atoms with Crippen LogP contribution in [0.5, 0.6) is 17.2 Å². The number of methoxy groups -OCH3 is 2. The summed E-state index contributed by atoms with van der Waals surface area (Å²) >= 11 is 0. The molecule has 1 aromatic carbocycles. The number of carbonyl (C=O) groups is 2. The summed E-state index contributed by atoms with van der Waals surface area (Å²) in [5, 5.41) is 0. The van der Waals surface area contributed by atoms with Crippen LogP contribution in [0.3, 0.4) is 0 Å². The van der Waals surface area contributed by atoms with Gasteiger partial charge < -0.3 is 14.2 Å². The Labute approximate surface area is 115 Å². The van der Waals surface area contributed by atoms with Crippen LogP contribution in [0.2, 0.25) is 0 Å². The van der Waals surface area contributed by atoms with Crippen LogP contribution in [0.4, 0.5) is 0 Å². The molecule has 82 valence electrons. The van der Waals surface area contributed by atoms with Crippen molar-refractivity contribution < 1.29 is 23.8 Å². The van der Waals surface area contributed by atoms with Gasteiger partial charge in [0.25, 0.3) is 0 Å². The minimum absolute atomic E-state index is 0. The van der Waals surface area contributed by atoms with Gasteiger partial charge in [-0.2, -0.15) is 0 Å². The third kappa shape index (κ3) is 3.84. The molecule has 0 bridgehead atoms. The van der Waals surface area contributed by atoms with E-state index in [0.717, 1.165) is 0 Å². The molecule has 5 nitrogen and oxygen atoms in total. The standard InChI is InChI=1S/C10H10O5.Na.H/c1-13-8-4-3-7(5-9(8)14-2)15-10(12)6-11;;/h3-6H,1-2H3;;. The van der Waals surface area contributed by atoms with Crippen LogP contribution in [0, 0.1) is 0 Å². The Kier molecular flexibility index (Phi) is 6.80. The first-order chi connectivity index (χ1) is 7.21. The summed E-state index contributed by atoms with van der Waals surface area (Å²) in [5.41, 5.74) is 0. The zero-order valence-electron chi connectivity index (χ0n) is 8.35. The third-order valence-corrected chi connectivity index (χ3v) is 1.67. The van der Waals surface area contributed by atoms with Gasteiger partial charge in [-0.3, -0.25) is 4.79 Å². The van der Waals surface area contributed by atoms with Gasteiger partial charge in [-0.1, -0.05) is 0 Å². The van der Waals surface area contributed by atoms with Gasteiger partial charge in [-0.15, -0.1) is 0 Å². The Hall–Kier alpha value is -1.04. The number of rotatable bonds is 4. The van der Waals surface area contributed by atoms with E-state index in [-0.39, 0.29) is 41.6 Å². The average Bonchev–Trinajstić information content (AvgIpc) is 2.28. The average molecular weight is 234 g/mol. The van der Waals surface area contributed by atoms with Gasteiger partial charge in [-0.05, 0) is 12.1 Å². The summed E-state index contributed by atoms with van der Waals surface area (Å²) in [5.74, 6) is 0.212. The van der Waals surface area contributed by atoms with Crippen molar-refractivity contribution in [1.82, 2.24) is 0 Å². The van der Waals surface area contributed by atoms with Gasteiger partial charge in [-0.25, -0.2) is 4.79 Å². The Balaban J connectivity index is 0.00000225. The fourth-order valence-corrected chi connectivity index (χ4v) is 1.02. The molecule has 1 rings (SSSR count). The van der Waals surface area contributed by atoms with Crippen molar-refractivity contribution in [3.63, 3.8) is 0 Å². The van der Waals surface area contributed by atoms with Gasteiger partial charge in [0.05, 0.1) is 14.2 Å². The fraction of sp³-hybridized carbons (Fsp3) is 0.200. The van der Waals surface area contributed by atoms with E-state index in [9.17, 15) is 9.59 Å². The van der Waals surface area contributed by atoms with E-state index >= 15 is 0 Å². The van der Waals surface area contributed by atoms with Gasteiger partial charge in [0.1, 0.15) is 5.75 Å². The Bertz CT molecular complexity index is 377. The molecule has 0 atom stereocenters. The summed E-state index contributed by atoms with van der Waals surface area (Å²) in [6, 6.07) is 4.54. The third-order valence-electron chi connectivity index (χ3n) is 1.67. The second-order valence-electron chi connectivity index (χ2n) is 2.56. The molecule has 0 saturated heterocycles. The van der Waals surface area contributed by atoms with Crippen LogP contribution in [0.25, 0.3) is 0 Å². The number of carbonyl (C=O) groups excluding carboxylic acids is 2. The summed E-state index contributed by atoms with van der Waals surface area (Å²) in [6.45, 7) is 0. The molecule has 1 aromatic rings. The molecule has 6 heteroatoms. The Morgan fingerprint density at radius 3 is 2.31 bits per heavy atom. The molecule has 0 aliphatic carbocycles. The van der Waals surface area contributed by atoms with Gasteiger partial charge in [0.15, 0.2) is 11.5 Å². The molecule has 0 spiro atoms. The predicted molar refractivity (Wildman–Crippen MR) is 58.4 cm³/mol. The normalized spacial score (nSPS) is 8.62. The van der Waals surface area contributed by atoms with Crippen molar-refractivity contribution in [3.05, 3.63) is 18.2 Å². The van der Waals surface area contributed by atoms with Gasteiger partial charge >= 0.3 is 35.5 Å². The summed E-state index contributed by atoms with van der Waals surface area (Å²) in [7, 11) is 2.96. The van der Waals surface area contributed by atoms with Crippen molar-refractivity contribution in [1.29, 1.82) is 0 Å². The number of hydrogen-bond acceptors (Lipinski definition) is 5. The first-order valence-electron chi connectivity index (χ1n) is 4.10. The zero-order chi connectivity index (χ0) is 11.3. The molecular weight excluding hydrogens is 223 g/mol. The van der Waals surface area contributed by atoms with E-state index in [4.69, 9.17) is 9.47 Å². The SMILES string of the molecule is COc1ccc(OC(=O)C=O)cc1OC.[NaH]. The number of benzene rings is 1. The predicted octanol–water partition coefficient (Wildman–Crippen LogP) is 0.160. The Morgan fingerprint density at radius 1 is 1.19 bits per heavy atom. The molecule has 0 fully saturated rings. The topological polar surface area (TPSA) is 61.8 Å². The van der Waals surface area contributed by atoms with Crippen LogP contribution >= 0.6 is 0 Å². The van der Waals surface area contributed by atoms with E-state index in [1.54, 1.807) is 6.07 Å². The summed E-state index contributed by atoms with van der Waals surface area (Å²) < 4.78 is 14.6. The number of aldehydes is 1. The Morgan fingerprint density at radius 2 is 1.81 bits per heavy atom. The second-order valence-corrected chi connectivity index (χ2v) is 2.56. The quantitative estimate of drug-likeness (QED) is 0.244. The van der Waals surface area contributed by atoms with E-state index in [2.05, 4.69) is 4.74 Å².